The Labute approximate surface area is 154 Å². The SMILES string of the molecule is CC(Cl)C(=O)CC1CN(c2ccc(C#N)c3nccnc23)CC(F)(F)C1. The number of aromatic nitrogens is 2. The maximum absolute atomic E-state index is 14.3. The monoisotopic (exact) mass is 378 g/mol. The van der Waals surface area contributed by atoms with Gasteiger partial charge in [-0.05, 0) is 25.0 Å². The Morgan fingerprint density at radius 2 is 2.12 bits per heavy atom. The van der Waals surface area contributed by atoms with E-state index in [4.69, 9.17) is 11.6 Å². The van der Waals surface area contributed by atoms with Gasteiger partial charge < -0.3 is 4.90 Å². The summed E-state index contributed by atoms with van der Waals surface area (Å²) < 4.78 is 28.6. The molecule has 136 valence electrons. The van der Waals surface area contributed by atoms with E-state index < -0.39 is 23.8 Å². The van der Waals surface area contributed by atoms with Gasteiger partial charge in [-0.1, -0.05) is 0 Å². The number of nitriles is 1. The summed E-state index contributed by atoms with van der Waals surface area (Å²) in [6, 6.07) is 5.20. The van der Waals surface area contributed by atoms with Crippen LogP contribution in [0.4, 0.5) is 14.5 Å². The van der Waals surface area contributed by atoms with Crippen LogP contribution in [0.1, 0.15) is 25.3 Å². The van der Waals surface area contributed by atoms with Crippen molar-refractivity contribution in [2.45, 2.75) is 31.1 Å². The molecule has 0 bridgehead atoms. The van der Waals surface area contributed by atoms with E-state index in [1.165, 1.54) is 17.3 Å². The third-order valence-electron chi connectivity index (χ3n) is 4.49. The van der Waals surface area contributed by atoms with Gasteiger partial charge in [0.25, 0.3) is 5.92 Å². The van der Waals surface area contributed by atoms with E-state index in [9.17, 15) is 18.8 Å². The van der Waals surface area contributed by atoms with Gasteiger partial charge in [0.2, 0.25) is 0 Å². The van der Waals surface area contributed by atoms with Crippen molar-refractivity contribution in [3.8, 4) is 6.07 Å². The summed E-state index contributed by atoms with van der Waals surface area (Å²) in [5.41, 5.74) is 1.61. The van der Waals surface area contributed by atoms with Crippen LogP contribution in [0.3, 0.4) is 0 Å². The summed E-state index contributed by atoms with van der Waals surface area (Å²) in [5.74, 6) is -3.67. The number of ketones is 1. The lowest BCUT2D eigenvalue weighted by molar-refractivity contribution is -0.120. The molecule has 0 N–H and O–H groups in total. The first-order chi connectivity index (χ1) is 12.3. The van der Waals surface area contributed by atoms with Crippen LogP contribution in [-0.2, 0) is 4.79 Å². The first-order valence-electron chi connectivity index (χ1n) is 8.24. The van der Waals surface area contributed by atoms with E-state index in [0.29, 0.717) is 28.8 Å². The molecule has 3 rings (SSSR count). The van der Waals surface area contributed by atoms with Gasteiger partial charge in [-0.2, -0.15) is 5.26 Å². The zero-order valence-corrected chi connectivity index (χ0v) is 14.9. The average molecular weight is 379 g/mol. The number of hydrogen-bond acceptors (Lipinski definition) is 5. The van der Waals surface area contributed by atoms with Crippen molar-refractivity contribution in [2.75, 3.05) is 18.0 Å². The highest BCUT2D eigenvalue weighted by molar-refractivity contribution is 6.30. The third kappa shape index (κ3) is 3.75. The Morgan fingerprint density at radius 1 is 1.42 bits per heavy atom. The Bertz CT molecular complexity index is 881. The van der Waals surface area contributed by atoms with E-state index in [1.54, 1.807) is 19.1 Å². The van der Waals surface area contributed by atoms with E-state index in [0.717, 1.165) is 0 Å². The van der Waals surface area contributed by atoms with Gasteiger partial charge in [0.15, 0.2) is 5.78 Å². The lowest BCUT2D eigenvalue weighted by Gasteiger charge is -2.39. The number of halogens is 3. The number of alkyl halides is 3. The van der Waals surface area contributed by atoms with E-state index in [2.05, 4.69) is 9.97 Å². The minimum absolute atomic E-state index is 0.0106. The molecule has 1 aromatic carbocycles. The molecule has 1 saturated heterocycles. The van der Waals surface area contributed by atoms with Gasteiger partial charge in [0.05, 0.1) is 23.2 Å². The predicted octanol–water partition coefficient (Wildman–Crippen LogP) is 3.55. The summed E-state index contributed by atoms with van der Waals surface area (Å²) in [7, 11) is 0. The number of fused-ring (bicyclic) bond motifs is 1. The molecule has 2 atom stereocenters. The number of carbonyl (C=O) groups is 1. The Balaban J connectivity index is 1.97. The molecule has 1 aliphatic heterocycles. The largest absolute Gasteiger partial charge is 0.363 e. The molecule has 0 radical (unpaired) electrons. The highest BCUT2D eigenvalue weighted by Gasteiger charge is 2.41. The van der Waals surface area contributed by atoms with Crippen molar-refractivity contribution in [2.24, 2.45) is 5.92 Å². The van der Waals surface area contributed by atoms with Gasteiger partial charge in [0, 0.05) is 31.8 Å². The van der Waals surface area contributed by atoms with Crippen LogP contribution in [0.15, 0.2) is 24.5 Å². The van der Waals surface area contributed by atoms with Gasteiger partial charge in [-0.3, -0.25) is 14.8 Å². The van der Waals surface area contributed by atoms with Gasteiger partial charge >= 0.3 is 0 Å². The minimum atomic E-state index is -2.93. The number of hydrogen-bond donors (Lipinski definition) is 0. The lowest BCUT2D eigenvalue weighted by Crippen LogP contribution is -2.48. The standard InChI is InChI=1S/C18H17ClF2N4O/c1-11(19)15(26)6-12-7-18(20,21)10-25(9-12)14-3-2-13(8-22)16-17(14)24-5-4-23-16/h2-5,11-12H,6-7,9-10H2,1H3. The molecule has 0 saturated carbocycles. The van der Waals surface area contributed by atoms with Crippen LogP contribution in [0, 0.1) is 17.2 Å². The van der Waals surface area contributed by atoms with E-state index in [-0.39, 0.29) is 18.6 Å². The first kappa shape index (κ1) is 18.5. The van der Waals surface area contributed by atoms with Crippen molar-refractivity contribution >= 4 is 34.1 Å². The Hall–Kier alpha value is -2.33. The number of Topliss-reactive ketones (excluding diaryl/α,β-unsaturated/α-hetero) is 1. The number of benzene rings is 1. The fourth-order valence-corrected chi connectivity index (χ4v) is 3.45. The van der Waals surface area contributed by atoms with Crippen LogP contribution in [0.25, 0.3) is 11.0 Å². The summed E-state index contributed by atoms with van der Waals surface area (Å²) in [6.45, 7) is 1.38. The van der Waals surface area contributed by atoms with E-state index in [1.807, 2.05) is 6.07 Å². The second-order valence-electron chi connectivity index (χ2n) is 6.59. The second-order valence-corrected chi connectivity index (χ2v) is 7.25. The van der Waals surface area contributed by atoms with Crippen LogP contribution < -0.4 is 4.90 Å². The molecule has 0 amide bonds. The van der Waals surface area contributed by atoms with E-state index >= 15 is 0 Å². The molecule has 1 aliphatic rings. The topological polar surface area (TPSA) is 69.9 Å². The normalized spacial score (nSPS) is 20.6. The maximum Gasteiger partial charge on any atom is 0.265 e. The fourth-order valence-electron chi connectivity index (χ4n) is 3.36. The smallest absolute Gasteiger partial charge is 0.265 e. The van der Waals surface area contributed by atoms with Gasteiger partial charge in [-0.15, -0.1) is 11.6 Å². The maximum atomic E-state index is 14.3. The fraction of sp³-hybridized carbons (Fsp3) is 0.444. The molecule has 8 heteroatoms. The van der Waals surface area contributed by atoms with Crippen molar-refractivity contribution in [3.63, 3.8) is 0 Å². The molecule has 0 spiro atoms. The molecule has 26 heavy (non-hydrogen) atoms. The van der Waals surface area contributed by atoms with Crippen molar-refractivity contribution in [1.82, 2.24) is 9.97 Å². The average Bonchev–Trinajstić information content (AvgIpc) is 2.59. The summed E-state index contributed by atoms with van der Waals surface area (Å²) in [4.78, 5) is 21.8. The van der Waals surface area contributed by atoms with Crippen LogP contribution in [-0.4, -0.2) is 40.1 Å². The quantitative estimate of drug-likeness (QED) is 0.761. The van der Waals surface area contributed by atoms with Crippen LogP contribution in [0.5, 0.6) is 0 Å². The highest BCUT2D eigenvalue weighted by Crippen LogP contribution is 2.37. The minimum Gasteiger partial charge on any atom is -0.363 e. The lowest BCUT2D eigenvalue weighted by atomic mass is 9.89. The summed E-state index contributed by atoms with van der Waals surface area (Å²) in [6.07, 6.45) is 2.59. The third-order valence-corrected chi connectivity index (χ3v) is 4.73. The zero-order valence-electron chi connectivity index (χ0n) is 14.1. The van der Waals surface area contributed by atoms with Crippen LogP contribution >= 0.6 is 11.6 Å². The number of nitrogens with zero attached hydrogens (tertiary/aromatic N) is 4. The molecule has 2 heterocycles. The van der Waals surface area contributed by atoms with Gasteiger partial charge in [-0.25, -0.2) is 8.78 Å². The second kappa shape index (κ2) is 7.12. The molecule has 1 aromatic heterocycles. The molecular weight excluding hydrogens is 362 g/mol. The van der Waals surface area contributed by atoms with Gasteiger partial charge in [0.1, 0.15) is 17.1 Å². The number of carbonyl (C=O) groups excluding carboxylic acids is 1. The number of anilines is 1. The van der Waals surface area contributed by atoms with Crippen molar-refractivity contribution in [1.29, 1.82) is 5.26 Å². The Morgan fingerprint density at radius 3 is 2.77 bits per heavy atom. The molecule has 5 nitrogen and oxygen atoms in total. The molecule has 1 fully saturated rings. The molecular formula is C18H17ClF2N4O. The predicted molar refractivity (Wildman–Crippen MR) is 94.5 cm³/mol. The van der Waals surface area contributed by atoms with Crippen molar-refractivity contribution in [3.05, 3.63) is 30.1 Å². The molecule has 2 unspecified atom stereocenters. The first-order valence-corrected chi connectivity index (χ1v) is 8.68. The molecule has 0 aliphatic carbocycles. The number of rotatable bonds is 4. The molecule has 2 aromatic rings. The van der Waals surface area contributed by atoms with Crippen LogP contribution in [0.2, 0.25) is 0 Å². The summed E-state index contributed by atoms with van der Waals surface area (Å²) >= 11 is 5.78. The summed E-state index contributed by atoms with van der Waals surface area (Å²) in [5, 5.41) is 8.52. The number of piperidine rings is 1. The highest BCUT2D eigenvalue weighted by atomic mass is 35.5. The van der Waals surface area contributed by atoms with Crippen molar-refractivity contribution < 1.29 is 13.6 Å². The zero-order chi connectivity index (χ0) is 18.9. The Kier molecular flexibility index (Phi) is 5.05.